The molecule has 0 fully saturated rings. The van der Waals surface area contributed by atoms with Crippen molar-refractivity contribution in [1.82, 2.24) is 15.5 Å². The zero-order chi connectivity index (χ0) is 20.2. The van der Waals surface area contributed by atoms with Gasteiger partial charge in [0.15, 0.2) is 0 Å². The number of amides is 1. The number of H-pyrrole nitrogens is 1. The second kappa shape index (κ2) is 12.6. The van der Waals surface area contributed by atoms with Crippen molar-refractivity contribution < 1.29 is 9.18 Å². The number of aromatic nitrogens is 2. The maximum atomic E-state index is 13.4. The SMILES string of the molecule is CCCC(CCCCCCc1ccc(Cl)c(F)c1)CCNC(=O)c1cn[nH]c1. The van der Waals surface area contributed by atoms with Gasteiger partial charge in [0.1, 0.15) is 5.82 Å². The monoisotopic (exact) mass is 407 g/mol. The minimum absolute atomic E-state index is 0.0670. The van der Waals surface area contributed by atoms with E-state index in [0.29, 0.717) is 18.0 Å². The Balaban J connectivity index is 1.57. The van der Waals surface area contributed by atoms with Gasteiger partial charge in [0.05, 0.1) is 16.8 Å². The molecule has 2 aromatic rings. The van der Waals surface area contributed by atoms with Crippen LogP contribution in [0.3, 0.4) is 0 Å². The van der Waals surface area contributed by atoms with Crippen LogP contribution in [0.1, 0.15) is 74.2 Å². The Hall–Kier alpha value is -1.88. The van der Waals surface area contributed by atoms with Gasteiger partial charge in [-0.25, -0.2) is 4.39 Å². The highest BCUT2D eigenvalue weighted by molar-refractivity contribution is 6.30. The number of aryl methyl sites for hydroxylation is 1. The van der Waals surface area contributed by atoms with E-state index in [4.69, 9.17) is 11.6 Å². The number of aromatic amines is 1. The molecule has 4 nitrogen and oxygen atoms in total. The summed E-state index contributed by atoms with van der Waals surface area (Å²) >= 11 is 5.72. The molecule has 1 atom stereocenters. The van der Waals surface area contributed by atoms with Crippen LogP contribution in [-0.2, 0) is 6.42 Å². The lowest BCUT2D eigenvalue weighted by Crippen LogP contribution is -2.25. The third-order valence-corrected chi connectivity index (χ3v) is 5.41. The van der Waals surface area contributed by atoms with Gasteiger partial charge in [-0.3, -0.25) is 9.89 Å². The van der Waals surface area contributed by atoms with Crippen molar-refractivity contribution in [2.45, 2.75) is 64.7 Å². The molecule has 6 heteroatoms. The van der Waals surface area contributed by atoms with Gasteiger partial charge in [-0.2, -0.15) is 5.10 Å². The quantitative estimate of drug-likeness (QED) is 0.404. The van der Waals surface area contributed by atoms with Gasteiger partial charge in [-0.05, 0) is 42.9 Å². The van der Waals surface area contributed by atoms with Crippen LogP contribution >= 0.6 is 11.6 Å². The van der Waals surface area contributed by atoms with E-state index in [9.17, 15) is 9.18 Å². The summed E-state index contributed by atoms with van der Waals surface area (Å²) in [6.07, 6.45) is 13.2. The second-order valence-corrected chi connectivity index (χ2v) is 7.79. The van der Waals surface area contributed by atoms with Crippen molar-refractivity contribution in [1.29, 1.82) is 0 Å². The third kappa shape index (κ3) is 8.01. The summed E-state index contributed by atoms with van der Waals surface area (Å²) < 4.78 is 13.4. The summed E-state index contributed by atoms with van der Waals surface area (Å²) in [5.74, 6) is 0.254. The largest absolute Gasteiger partial charge is 0.352 e. The summed E-state index contributed by atoms with van der Waals surface area (Å²) in [5, 5.41) is 9.61. The highest BCUT2D eigenvalue weighted by Crippen LogP contribution is 2.21. The van der Waals surface area contributed by atoms with E-state index in [2.05, 4.69) is 22.4 Å². The van der Waals surface area contributed by atoms with Crippen molar-refractivity contribution in [3.05, 3.63) is 52.6 Å². The average molecular weight is 408 g/mol. The van der Waals surface area contributed by atoms with Crippen LogP contribution in [0.25, 0.3) is 0 Å². The molecule has 0 bridgehead atoms. The second-order valence-electron chi connectivity index (χ2n) is 7.39. The Morgan fingerprint density at radius 1 is 1.21 bits per heavy atom. The predicted octanol–water partition coefficient (Wildman–Crippen LogP) is 5.93. The Morgan fingerprint density at radius 2 is 2.04 bits per heavy atom. The molecule has 154 valence electrons. The minimum Gasteiger partial charge on any atom is -0.352 e. The fraction of sp³-hybridized carbons (Fsp3) is 0.545. The molecule has 2 rings (SSSR count). The number of rotatable bonds is 13. The topological polar surface area (TPSA) is 57.8 Å². The van der Waals surface area contributed by atoms with E-state index in [-0.39, 0.29) is 16.7 Å². The molecule has 1 amide bonds. The maximum Gasteiger partial charge on any atom is 0.254 e. The fourth-order valence-electron chi connectivity index (χ4n) is 3.52. The molecule has 0 aliphatic heterocycles. The Kier molecular flexibility index (Phi) is 10.0. The van der Waals surface area contributed by atoms with Gasteiger partial charge in [-0.15, -0.1) is 0 Å². The average Bonchev–Trinajstić information content (AvgIpc) is 3.22. The molecule has 1 unspecified atom stereocenters. The lowest BCUT2D eigenvalue weighted by Gasteiger charge is -2.16. The van der Waals surface area contributed by atoms with Crippen molar-refractivity contribution in [2.24, 2.45) is 5.92 Å². The number of unbranched alkanes of at least 4 members (excludes halogenated alkanes) is 3. The molecular formula is C22H31ClFN3O. The van der Waals surface area contributed by atoms with Gasteiger partial charge in [0.2, 0.25) is 0 Å². The molecule has 28 heavy (non-hydrogen) atoms. The first-order valence-electron chi connectivity index (χ1n) is 10.3. The van der Waals surface area contributed by atoms with Crippen LogP contribution in [0.5, 0.6) is 0 Å². The maximum absolute atomic E-state index is 13.4. The number of halogens is 2. The standard InChI is InChI=1S/C22H31ClFN3O/c1-2-7-17(12-13-25-22(28)19-15-26-27-16-19)8-5-3-4-6-9-18-10-11-20(23)21(24)14-18/h10-11,14-17H,2-9,12-13H2,1H3,(H,25,28)(H,26,27). The summed E-state index contributed by atoms with van der Waals surface area (Å²) in [6.45, 7) is 2.92. The van der Waals surface area contributed by atoms with Gasteiger partial charge in [0, 0.05) is 12.7 Å². The normalized spacial score (nSPS) is 12.1. The molecular weight excluding hydrogens is 377 g/mol. The van der Waals surface area contributed by atoms with Crippen LogP contribution in [0.2, 0.25) is 5.02 Å². The van der Waals surface area contributed by atoms with Crippen molar-refractivity contribution in [3.63, 3.8) is 0 Å². The summed E-state index contributed by atoms with van der Waals surface area (Å²) in [4.78, 5) is 11.9. The van der Waals surface area contributed by atoms with Gasteiger partial charge < -0.3 is 5.32 Å². The van der Waals surface area contributed by atoms with Crippen LogP contribution in [0.15, 0.2) is 30.6 Å². The zero-order valence-electron chi connectivity index (χ0n) is 16.6. The molecule has 1 aromatic heterocycles. The van der Waals surface area contributed by atoms with Crippen molar-refractivity contribution in [3.8, 4) is 0 Å². The van der Waals surface area contributed by atoms with E-state index >= 15 is 0 Å². The van der Waals surface area contributed by atoms with Crippen LogP contribution in [0, 0.1) is 11.7 Å². The molecule has 0 saturated heterocycles. The first kappa shape index (κ1) is 22.4. The van der Waals surface area contributed by atoms with E-state index in [0.717, 1.165) is 31.2 Å². The molecule has 0 aliphatic carbocycles. The molecule has 0 spiro atoms. The number of nitrogens with one attached hydrogen (secondary N) is 2. The number of hydrogen-bond donors (Lipinski definition) is 2. The lowest BCUT2D eigenvalue weighted by atomic mass is 9.93. The minimum atomic E-state index is -0.332. The third-order valence-electron chi connectivity index (χ3n) is 5.11. The lowest BCUT2D eigenvalue weighted by molar-refractivity contribution is 0.0951. The van der Waals surface area contributed by atoms with Crippen LogP contribution < -0.4 is 5.32 Å². The summed E-state index contributed by atoms with van der Waals surface area (Å²) in [7, 11) is 0. The first-order valence-corrected chi connectivity index (χ1v) is 10.7. The van der Waals surface area contributed by atoms with E-state index < -0.39 is 0 Å². The van der Waals surface area contributed by atoms with Gasteiger partial charge in [0.25, 0.3) is 5.91 Å². The number of hydrogen-bond acceptors (Lipinski definition) is 2. The molecule has 0 saturated carbocycles. The number of nitrogens with zero attached hydrogens (tertiary/aromatic N) is 1. The number of carbonyl (C=O) groups excluding carboxylic acids is 1. The molecule has 1 heterocycles. The van der Waals surface area contributed by atoms with Crippen molar-refractivity contribution in [2.75, 3.05) is 6.54 Å². The van der Waals surface area contributed by atoms with Crippen LogP contribution in [0.4, 0.5) is 4.39 Å². The summed E-state index contributed by atoms with van der Waals surface area (Å²) in [5.41, 5.74) is 1.59. The summed E-state index contributed by atoms with van der Waals surface area (Å²) in [6, 6.07) is 5.07. The van der Waals surface area contributed by atoms with E-state index in [1.165, 1.54) is 44.4 Å². The highest BCUT2D eigenvalue weighted by atomic mass is 35.5. The molecule has 0 radical (unpaired) electrons. The Bertz CT molecular complexity index is 706. The first-order chi connectivity index (χ1) is 13.6. The number of carbonyl (C=O) groups is 1. The van der Waals surface area contributed by atoms with Gasteiger partial charge >= 0.3 is 0 Å². The fourth-order valence-corrected chi connectivity index (χ4v) is 3.64. The van der Waals surface area contributed by atoms with Gasteiger partial charge in [-0.1, -0.05) is 63.1 Å². The Labute approximate surface area is 172 Å². The van der Waals surface area contributed by atoms with E-state index in [1.54, 1.807) is 12.3 Å². The van der Waals surface area contributed by atoms with Crippen molar-refractivity contribution >= 4 is 17.5 Å². The molecule has 1 aromatic carbocycles. The van der Waals surface area contributed by atoms with Crippen LogP contribution in [-0.4, -0.2) is 22.6 Å². The predicted molar refractivity (Wildman–Crippen MR) is 112 cm³/mol. The Morgan fingerprint density at radius 3 is 2.75 bits per heavy atom. The molecule has 2 N–H and O–H groups in total. The molecule has 0 aliphatic rings. The smallest absolute Gasteiger partial charge is 0.254 e. The van der Waals surface area contributed by atoms with E-state index in [1.807, 2.05) is 6.07 Å². The highest BCUT2D eigenvalue weighted by Gasteiger charge is 2.10. The number of benzene rings is 1. The zero-order valence-corrected chi connectivity index (χ0v) is 17.4.